The van der Waals surface area contributed by atoms with Crippen LogP contribution in [0.4, 0.5) is 0 Å². The van der Waals surface area contributed by atoms with Gasteiger partial charge in [-0.2, -0.15) is 0 Å². The molecule has 3 saturated heterocycles. The number of rotatable bonds is 0. The first kappa shape index (κ1) is 12.1. The Hall–Kier alpha value is 0.660. The first-order valence-electron chi connectivity index (χ1n) is 6.58. The van der Waals surface area contributed by atoms with Gasteiger partial charge in [0.25, 0.3) is 0 Å². The molecule has 0 saturated carbocycles. The molecule has 0 atom stereocenters. The summed E-state index contributed by atoms with van der Waals surface area (Å²) in [7, 11) is -1.35. The number of hydrogen-bond acceptors (Lipinski definition) is 1. The van der Waals surface area contributed by atoms with Crippen LogP contribution in [0.3, 0.4) is 0 Å². The maximum absolute atomic E-state index is 12.7. The van der Waals surface area contributed by atoms with Crippen molar-refractivity contribution in [1.82, 2.24) is 0 Å². The quantitative estimate of drug-likeness (QED) is 0.585. The molecule has 3 rings (SSSR count). The normalized spacial score (nSPS) is 39.3. The molecule has 3 aliphatic rings. The molecule has 3 fully saturated rings. The molecule has 3 heterocycles. The van der Waals surface area contributed by atoms with Crippen molar-refractivity contribution in [2.45, 2.75) is 38.5 Å². The smallest absolute Gasteiger partial charge is 0.0877 e. The largest absolute Gasteiger partial charge is 0.324 e. The minimum Gasteiger partial charge on any atom is -0.324 e. The molecule has 0 aromatic rings. The summed E-state index contributed by atoms with van der Waals surface area (Å²) in [5, 5.41) is 0. The summed E-state index contributed by atoms with van der Waals surface area (Å²) >= 11 is 0. The van der Waals surface area contributed by atoms with Crippen LogP contribution in [0.15, 0.2) is 0 Å². The number of fused-ring (bicyclic) bond motifs is 9. The Bertz CT molecular complexity index is 202. The molecule has 0 unspecified atom stereocenters. The zero-order valence-electron chi connectivity index (χ0n) is 9.79. The molecule has 0 radical (unpaired) electrons. The van der Waals surface area contributed by atoms with Gasteiger partial charge in [-0.05, 0) is 57.0 Å². The zero-order chi connectivity index (χ0) is 10.6. The van der Waals surface area contributed by atoms with E-state index < -0.39 is 7.14 Å². The fraction of sp³-hybridized carbons (Fsp3) is 1.00. The van der Waals surface area contributed by atoms with E-state index in [1.807, 2.05) is 0 Å². The highest BCUT2D eigenvalue weighted by Crippen LogP contribution is 2.51. The van der Waals surface area contributed by atoms with Crippen molar-refractivity contribution in [2.24, 2.45) is 0 Å². The van der Waals surface area contributed by atoms with E-state index in [2.05, 4.69) is 0 Å². The highest BCUT2D eigenvalue weighted by atomic mass is 31.2. The van der Waals surface area contributed by atoms with Crippen LogP contribution in [-0.4, -0.2) is 37.0 Å². The summed E-state index contributed by atoms with van der Waals surface area (Å²) in [5.41, 5.74) is 0. The lowest BCUT2D eigenvalue weighted by atomic mass is 10.4. The van der Waals surface area contributed by atoms with Crippen LogP contribution in [-0.2, 0) is 4.57 Å². The maximum Gasteiger partial charge on any atom is 0.0877 e. The van der Waals surface area contributed by atoms with E-state index in [4.69, 9.17) is 0 Å². The minimum atomic E-state index is -1.72. The van der Waals surface area contributed by atoms with Crippen molar-refractivity contribution in [3.63, 3.8) is 0 Å². The van der Waals surface area contributed by atoms with Gasteiger partial charge in [-0.3, -0.25) is 0 Å². The molecule has 0 spiro atoms. The van der Waals surface area contributed by atoms with Crippen LogP contribution < -0.4 is 0 Å². The third-order valence-corrected chi connectivity index (χ3v) is 10.1. The van der Waals surface area contributed by atoms with E-state index in [0.29, 0.717) is 7.92 Å². The molecule has 2 bridgehead atoms. The third kappa shape index (κ3) is 3.86. The molecule has 0 aliphatic carbocycles. The lowest BCUT2D eigenvalue weighted by molar-refractivity contribution is 0.566. The average Bonchev–Trinajstić information content (AvgIpc) is 2.26. The SMILES string of the molecule is O=P12CCCCP(CCCC1)CCCC2. The first-order valence-corrected chi connectivity index (χ1v) is 10.7. The molecule has 15 heavy (non-hydrogen) atoms. The summed E-state index contributed by atoms with van der Waals surface area (Å²) < 4.78 is 12.7. The van der Waals surface area contributed by atoms with Gasteiger partial charge in [0.05, 0.1) is 7.14 Å². The van der Waals surface area contributed by atoms with Crippen molar-refractivity contribution < 1.29 is 4.57 Å². The molecule has 0 aromatic carbocycles. The molecule has 0 aromatic heterocycles. The molecule has 0 N–H and O–H groups in total. The van der Waals surface area contributed by atoms with Crippen LogP contribution in [0.2, 0.25) is 0 Å². The molecule has 0 amide bonds. The second-order valence-corrected chi connectivity index (χ2v) is 11.3. The maximum atomic E-state index is 12.7. The van der Waals surface area contributed by atoms with E-state index in [1.54, 1.807) is 0 Å². The highest BCUT2D eigenvalue weighted by Gasteiger charge is 2.24. The van der Waals surface area contributed by atoms with Gasteiger partial charge in [-0.1, -0.05) is 0 Å². The van der Waals surface area contributed by atoms with Gasteiger partial charge in [0.1, 0.15) is 0 Å². The lowest BCUT2D eigenvalue weighted by Gasteiger charge is -2.26. The summed E-state index contributed by atoms with van der Waals surface area (Å²) in [6.07, 6.45) is 15.6. The van der Waals surface area contributed by atoms with Crippen LogP contribution in [0.5, 0.6) is 0 Å². The van der Waals surface area contributed by atoms with E-state index in [9.17, 15) is 4.57 Å². The van der Waals surface area contributed by atoms with Crippen molar-refractivity contribution in [2.75, 3.05) is 37.0 Å². The lowest BCUT2D eigenvalue weighted by Crippen LogP contribution is -2.09. The minimum absolute atomic E-state index is 0.368. The molecular formula is C12H24OP2. The van der Waals surface area contributed by atoms with E-state index in [-0.39, 0.29) is 0 Å². The van der Waals surface area contributed by atoms with E-state index in [0.717, 1.165) is 18.5 Å². The van der Waals surface area contributed by atoms with Crippen LogP contribution in [0.1, 0.15) is 38.5 Å². The fourth-order valence-electron chi connectivity index (χ4n) is 2.88. The van der Waals surface area contributed by atoms with Gasteiger partial charge in [-0.25, -0.2) is 0 Å². The van der Waals surface area contributed by atoms with Crippen LogP contribution in [0.25, 0.3) is 0 Å². The Morgan fingerprint density at radius 2 is 1.07 bits per heavy atom. The highest BCUT2D eigenvalue weighted by molar-refractivity contribution is 7.64. The Morgan fingerprint density at radius 1 is 0.667 bits per heavy atom. The summed E-state index contributed by atoms with van der Waals surface area (Å²) in [6.45, 7) is 0. The second-order valence-electron chi connectivity index (χ2n) is 5.19. The predicted molar refractivity (Wildman–Crippen MR) is 71.4 cm³/mol. The van der Waals surface area contributed by atoms with Crippen molar-refractivity contribution in [1.29, 1.82) is 0 Å². The van der Waals surface area contributed by atoms with Crippen LogP contribution in [0, 0.1) is 0 Å². The zero-order valence-corrected chi connectivity index (χ0v) is 11.6. The Balaban J connectivity index is 2.05. The van der Waals surface area contributed by atoms with E-state index in [1.165, 1.54) is 57.0 Å². The molecule has 3 heteroatoms. The van der Waals surface area contributed by atoms with Gasteiger partial charge in [0.2, 0.25) is 0 Å². The monoisotopic (exact) mass is 246 g/mol. The predicted octanol–water partition coefficient (Wildman–Crippen LogP) is 4.20. The molecule has 88 valence electrons. The Labute approximate surface area is 95.5 Å². The number of hydrogen-bond donors (Lipinski definition) is 0. The molecular weight excluding hydrogens is 222 g/mol. The topological polar surface area (TPSA) is 17.1 Å². The summed E-state index contributed by atoms with van der Waals surface area (Å²) in [6, 6.07) is 0. The van der Waals surface area contributed by atoms with Crippen molar-refractivity contribution >= 4 is 15.1 Å². The second kappa shape index (κ2) is 5.83. The summed E-state index contributed by atoms with van der Waals surface area (Å²) in [4.78, 5) is 0. The standard InChI is InChI=1S/C12H24OP2/c13-15-10-4-1-7-14(8-2-5-11-15)9-3-6-12-15/h1-12H2. The Morgan fingerprint density at radius 3 is 1.47 bits per heavy atom. The van der Waals surface area contributed by atoms with Gasteiger partial charge < -0.3 is 4.57 Å². The first-order chi connectivity index (χ1) is 7.29. The fourth-order valence-corrected chi connectivity index (χ4v) is 8.63. The van der Waals surface area contributed by atoms with Gasteiger partial charge in [0, 0.05) is 18.5 Å². The van der Waals surface area contributed by atoms with Gasteiger partial charge >= 0.3 is 0 Å². The summed E-state index contributed by atoms with van der Waals surface area (Å²) in [5.74, 6) is 0. The van der Waals surface area contributed by atoms with Gasteiger partial charge in [0.15, 0.2) is 0 Å². The average molecular weight is 246 g/mol. The van der Waals surface area contributed by atoms with Crippen molar-refractivity contribution in [3.8, 4) is 0 Å². The Kier molecular flexibility index (Phi) is 4.71. The van der Waals surface area contributed by atoms with E-state index >= 15 is 0 Å². The van der Waals surface area contributed by atoms with Crippen molar-refractivity contribution in [3.05, 3.63) is 0 Å². The van der Waals surface area contributed by atoms with Crippen LogP contribution >= 0.6 is 15.1 Å². The molecule has 1 nitrogen and oxygen atoms in total. The third-order valence-electron chi connectivity index (χ3n) is 3.87. The molecule has 3 aliphatic heterocycles. The van der Waals surface area contributed by atoms with Gasteiger partial charge in [-0.15, -0.1) is 7.92 Å².